The molecule has 6 heteroatoms. The number of carbonyl (C=O) groups excluding carboxylic acids is 1. The summed E-state index contributed by atoms with van der Waals surface area (Å²) in [4.78, 5) is 13.5. The summed E-state index contributed by atoms with van der Waals surface area (Å²) >= 11 is 0. The van der Waals surface area contributed by atoms with Crippen LogP contribution in [0.4, 0.5) is 0 Å². The highest BCUT2D eigenvalue weighted by Gasteiger charge is 2.26. The number of ether oxygens (including phenoxy) is 3. The third-order valence-corrected chi connectivity index (χ3v) is 5.76. The lowest BCUT2D eigenvalue weighted by molar-refractivity contribution is 0.103. The van der Waals surface area contributed by atoms with Crippen molar-refractivity contribution in [3.05, 3.63) is 53.1 Å². The zero-order valence-corrected chi connectivity index (χ0v) is 18.5. The van der Waals surface area contributed by atoms with Gasteiger partial charge >= 0.3 is 0 Å². The molecule has 0 spiro atoms. The van der Waals surface area contributed by atoms with E-state index in [2.05, 4.69) is 6.92 Å². The lowest BCUT2D eigenvalue weighted by atomic mass is 9.93. The minimum Gasteiger partial charge on any atom is -0.496 e. The first kappa shape index (κ1) is 22.9. The number of ketones is 1. The number of carbonyl (C=O) groups is 1. The van der Waals surface area contributed by atoms with Crippen molar-refractivity contribution < 1.29 is 23.6 Å². The molecule has 156 valence electrons. The van der Waals surface area contributed by atoms with Crippen molar-refractivity contribution >= 4 is 14.2 Å². The lowest BCUT2D eigenvalue weighted by Gasteiger charge is -2.17. The average molecular weight is 416 g/mol. The largest absolute Gasteiger partial charge is 0.496 e. The van der Waals surface area contributed by atoms with Crippen LogP contribution in [0.25, 0.3) is 0 Å². The molecule has 2 rings (SSSR count). The van der Waals surface area contributed by atoms with E-state index in [0.29, 0.717) is 28.4 Å². The molecule has 0 fully saturated rings. The molecule has 0 heterocycles. The Labute approximate surface area is 174 Å². The molecule has 1 atom stereocenters. The molecule has 0 aliphatic carbocycles. The minimum atomic E-state index is -0.223. The summed E-state index contributed by atoms with van der Waals surface area (Å²) < 4.78 is 28.1. The van der Waals surface area contributed by atoms with Gasteiger partial charge in [0.1, 0.15) is 22.8 Å². The van der Waals surface area contributed by atoms with E-state index in [9.17, 15) is 9.36 Å². The Morgan fingerprint density at radius 2 is 1.62 bits per heavy atom. The third-order valence-electron chi connectivity index (χ3n) is 4.96. The molecule has 0 radical (unpaired) electrons. The topological polar surface area (TPSA) is 61.8 Å². The van der Waals surface area contributed by atoms with Crippen molar-refractivity contribution in [2.75, 3.05) is 21.3 Å². The fraction of sp³-hybridized carbons (Fsp3) is 0.435. The van der Waals surface area contributed by atoms with E-state index in [1.54, 1.807) is 25.3 Å². The van der Waals surface area contributed by atoms with Crippen molar-refractivity contribution in [3.8, 4) is 17.2 Å². The second-order valence-electron chi connectivity index (χ2n) is 6.79. The normalized spacial score (nSPS) is 11.9. The molecule has 0 amide bonds. The monoisotopic (exact) mass is 416 g/mol. The van der Waals surface area contributed by atoms with Gasteiger partial charge in [-0.05, 0) is 12.0 Å². The van der Waals surface area contributed by atoms with Crippen LogP contribution in [0.15, 0.2) is 36.4 Å². The van der Waals surface area contributed by atoms with Crippen molar-refractivity contribution in [3.63, 3.8) is 0 Å². The van der Waals surface area contributed by atoms with Crippen molar-refractivity contribution in [2.24, 2.45) is 0 Å². The van der Waals surface area contributed by atoms with Crippen molar-refractivity contribution in [2.45, 2.75) is 44.7 Å². The van der Waals surface area contributed by atoms with Gasteiger partial charge in [0.2, 0.25) is 5.78 Å². The van der Waals surface area contributed by atoms with Gasteiger partial charge in [0.05, 0.1) is 27.0 Å². The molecule has 29 heavy (non-hydrogen) atoms. The fourth-order valence-electron chi connectivity index (χ4n) is 3.39. The second kappa shape index (κ2) is 11.6. The first-order chi connectivity index (χ1) is 14.1. The summed E-state index contributed by atoms with van der Waals surface area (Å²) in [5, 5.41) is 0. The molecule has 1 unspecified atom stereocenters. The second-order valence-corrected chi connectivity index (χ2v) is 7.63. The summed E-state index contributed by atoms with van der Waals surface area (Å²) in [5.41, 5.74) is 1.40. The van der Waals surface area contributed by atoms with Crippen LogP contribution in [-0.4, -0.2) is 27.1 Å². The van der Waals surface area contributed by atoms with Gasteiger partial charge in [-0.25, -0.2) is 0 Å². The Hall–Kier alpha value is -2.39. The maximum Gasteiger partial charge on any atom is 0.200 e. The molecule has 0 bridgehead atoms. The highest BCUT2D eigenvalue weighted by Crippen LogP contribution is 2.39. The summed E-state index contributed by atoms with van der Waals surface area (Å²) in [7, 11) is 4.57. The number of hydrogen-bond donors (Lipinski definition) is 0. The van der Waals surface area contributed by atoms with E-state index < -0.39 is 0 Å². The summed E-state index contributed by atoms with van der Waals surface area (Å²) in [6.45, 7) is 2.16. The number of unbranched alkanes of at least 4 members (excludes halogenated alkanes) is 3. The lowest BCUT2D eigenvalue weighted by Crippen LogP contribution is -2.10. The van der Waals surface area contributed by atoms with Crippen LogP contribution in [0, 0.1) is 0 Å². The highest BCUT2D eigenvalue weighted by atomic mass is 31.1. The molecular weight excluding hydrogens is 387 g/mol. The number of methoxy groups -OCH3 is 3. The van der Waals surface area contributed by atoms with Gasteiger partial charge in [0.25, 0.3) is 0 Å². The molecule has 0 saturated heterocycles. The number of rotatable bonds is 12. The third kappa shape index (κ3) is 5.57. The molecule has 5 nitrogen and oxygen atoms in total. The van der Waals surface area contributed by atoms with E-state index in [0.717, 1.165) is 37.7 Å². The van der Waals surface area contributed by atoms with Crippen LogP contribution < -0.4 is 14.2 Å². The Balaban J connectivity index is 2.46. The molecule has 0 aromatic heterocycles. The van der Waals surface area contributed by atoms with Crippen molar-refractivity contribution in [1.82, 2.24) is 0 Å². The summed E-state index contributed by atoms with van der Waals surface area (Å²) in [5.74, 6) is 1.06. The first-order valence-corrected chi connectivity index (χ1v) is 10.7. The zero-order valence-electron chi connectivity index (χ0n) is 17.6. The molecule has 2 aromatic rings. The van der Waals surface area contributed by atoms with Gasteiger partial charge in [-0.15, -0.1) is 0 Å². The number of hydrogen-bond acceptors (Lipinski definition) is 5. The van der Waals surface area contributed by atoms with Gasteiger partial charge < -0.3 is 14.2 Å². The molecule has 0 aliphatic rings. The Bertz CT molecular complexity index is 809. The Kier molecular flexibility index (Phi) is 9.14. The van der Waals surface area contributed by atoms with Crippen LogP contribution in [0.2, 0.25) is 0 Å². The molecule has 2 aromatic carbocycles. The van der Waals surface area contributed by atoms with E-state index in [1.807, 2.05) is 18.2 Å². The standard InChI is InChI=1S/C23H29O5P/c1-5-6-7-8-13-21(29-25)17-11-9-10-12-18(17)23(24)22-19(27-3)14-16(26-2)15-20(22)28-4/h9-12,14-15,21H,5-8,13H2,1-4H3. The maximum atomic E-state index is 13.5. The predicted octanol–water partition coefficient (Wildman–Crippen LogP) is 6.25. The van der Waals surface area contributed by atoms with Crippen LogP contribution in [0.1, 0.15) is 66.2 Å². The average Bonchev–Trinajstić information content (AvgIpc) is 2.77. The molecule has 0 aliphatic heterocycles. The van der Waals surface area contributed by atoms with Gasteiger partial charge in [0, 0.05) is 17.7 Å². The summed E-state index contributed by atoms with van der Waals surface area (Å²) in [6, 6.07) is 10.7. The maximum absolute atomic E-state index is 13.5. The molecule has 0 N–H and O–H groups in total. The van der Waals surface area contributed by atoms with E-state index in [4.69, 9.17) is 14.2 Å². The molecule has 0 saturated carbocycles. The smallest absolute Gasteiger partial charge is 0.200 e. The van der Waals surface area contributed by atoms with Gasteiger partial charge in [-0.3, -0.25) is 9.36 Å². The van der Waals surface area contributed by atoms with E-state index in [-0.39, 0.29) is 19.9 Å². The van der Waals surface area contributed by atoms with Crippen LogP contribution in [0.3, 0.4) is 0 Å². The predicted molar refractivity (Wildman–Crippen MR) is 115 cm³/mol. The van der Waals surface area contributed by atoms with E-state index >= 15 is 0 Å². The Morgan fingerprint density at radius 1 is 0.966 bits per heavy atom. The summed E-state index contributed by atoms with van der Waals surface area (Å²) in [6.07, 6.45) is 5.14. The van der Waals surface area contributed by atoms with Crippen molar-refractivity contribution in [1.29, 1.82) is 0 Å². The van der Waals surface area contributed by atoms with Gasteiger partial charge in [-0.1, -0.05) is 56.9 Å². The van der Waals surface area contributed by atoms with Gasteiger partial charge in [-0.2, -0.15) is 0 Å². The van der Waals surface area contributed by atoms with E-state index in [1.165, 1.54) is 14.2 Å². The SMILES string of the molecule is CCCCCCC(P=O)c1ccccc1C(=O)c1c(OC)cc(OC)cc1OC. The van der Waals surface area contributed by atoms with Crippen LogP contribution in [-0.2, 0) is 4.57 Å². The van der Waals surface area contributed by atoms with Crippen LogP contribution in [0.5, 0.6) is 17.2 Å². The fourth-order valence-corrected chi connectivity index (χ4v) is 4.01. The zero-order chi connectivity index (χ0) is 21.2. The minimum absolute atomic E-state index is 0.0212. The Morgan fingerprint density at radius 3 is 2.17 bits per heavy atom. The van der Waals surface area contributed by atoms with Gasteiger partial charge in [0.15, 0.2) is 8.46 Å². The molecular formula is C23H29O5P. The number of benzene rings is 2. The first-order valence-electron chi connectivity index (χ1n) is 9.87. The highest BCUT2D eigenvalue weighted by molar-refractivity contribution is 7.24. The quantitative estimate of drug-likeness (QED) is 0.233. The van der Waals surface area contributed by atoms with Crippen LogP contribution >= 0.6 is 8.46 Å².